The zero-order valence-electron chi connectivity index (χ0n) is 14.4. The Morgan fingerprint density at radius 2 is 1.82 bits per heavy atom. The van der Waals surface area contributed by atoms with Gasteiger partial charge in [0, 0.05) is 5.03 Å². The maximum absolute atomic E-state index is 10.0. The highest BCUT2D eigenvalue weighted by Gasteiger charge is 2.12. The van der Waals surface area contributed by atoms with Gasteiger partial charge in [0.2, 0.25) is 0 Å². The van der Waals surface area contributed by atoms with Crippen molar-refractivity contribution in [3.05, 3.63) is 47.6 Å². The predicted molar refractivity (Wildman–Crippen MR) is 95.7 cm³/mol. The lowest BCUT2D eigenvalue weighted by Crippen LogP contribution is -2.35. The monoisotopic (exact) mass is 327 g/mol. The van der Waals surface area contributed by atoms with E-state index in [2.05, 4.69) is 12.1 Å². The summed E-state index contributed by atoms with van der Waals surface area (Å²) in [5.74, 6) is 0. The zero-order chi connectivity index (χ0) is 17.2. The van der Waals surface area contributed by atoms with Gasteiger partial charge in [-0.3, -0.25) is 4.84 Å². The highest BCUT2D eigenvalue weighted by Crippen LogP contribution is 2.10. The Morgan fingerprint density at radius 3 is 2.32 bits per heavy atom. The van der Waals surface area contributed by atoms with Gasteiger partial charge in [-0.1, -0.05) is 35.9 Å². The first-order valence-corrected chi connectivity index (χ1v) is 7.93. The summed E-state index contributed by atoms with van der Waals surface area (Å²) >= 11 is 5.76. The van der Waals surface area contributed by atoms with Crippen molar-refractivity contribution >= 4 is 11.6 Å². The Morgan fingerprint density at radius 1 is 1.23 bits per heavy atom. The van der Waals surface area contributed by atoms with E-state index >= 15 is 0 Å². The van der Waals surface area contributed by atoms with Crippen LogP contribution in [0.15, 0.2) is 47.6 Å². The standard InChI is InChI=1S/C18H30ClNO2/c1-7-16(20-22-18(4,5)6)10-8-9-11-17(21)14(2)12-13-15(3)19/h7-9,12-13,16-17,20-21H,1,10-11H2,2-6H3/b9-8+,14-12+,15-13+/t16?,17-/m1/s1. The first-order valence-electron chi connectivity index (χ1n) is 7.55. The molecule has 2 atom stereocenters. The Balaban J connectivity index is 4.23. The first kappa shape index (κ1) is 21.1. The predicted octanol–water partition coefficient (Wildman–Crippen LogP) is 4.65. The lowest BCUT2D eigenvalue weighted by molar-refractivity contribution is -0.0816. The van der Waals surface area contributed by atoms with E-state index in [9.17, 15) is 5.11 Å². The molecule has 0 amide bonds. The molecule has 0 heterocycles. The van der Waals surface area contributed by atoms with Crippen molar-refractivity contribution in [2.45, 2.75) is 65.2 Å². The summed E-state index contributed by atoms with van der Waals surface area (Å²) in [4.78, 5) is 5.52. The van der Waals surface area contributed by atoms with Crippen molar-refractivity contribution in [1.82, 2.24) is 5.48 Å². The van der Waals surface area contributed by atoms with Gasteiger partial charge < -0.3 is 5.11 Å². The van der Waals surface area contributed by atoms with Crippen LogP contribution in [-0.2, 0) is 4.84 Å². The Labute approximate surface area is 140 Å². The van der Waals surface area contributed by atoms with Gasteiger partial charge in [0.1, 0.15) is 0 Å². The van der Waals surface area contributed by atoms with E-state index in [1.165, 1.54) is 0 Å². The normalized spacial score (nSPS) is 16.9. The number of hydrogen-bond donors (Lipinski definition) is 2. The molecule has 0 aliphatic heterocycles. The summed E-state index contributed by atoms with van der Waals surface area (Å²) in [6, 6.07) is 0.0473. The second kappa shape index (κ2) is 10.8. The molecule has 0 radical (unpaired) electrons. The maximum Gasteiger partial charge on any atom is 0.0813 e. The van der Waals surface area contributed by atoms with Crippen LogP contribution in [0.5, 0.6) is 0 Å². The van der Waals surface area contributed by atoms with Crippen molar-refractivity contribution in [3.63, 3.8) is 0 Å². The van der Waals surface area contributed by atoms with Crippen molar-refractivity contribution in [3.8, 4) is 0 Å². The third kappa shape index (κ3) is 11.8. The largest absolute Gasteiger partial charge is 0.388 e. The lowest BCUT2D eigenvalue weighted by Gasteiger charge is -2.22. The van der Waals surface area contributed by atoms with Gasteiger partial charge in [0.25, 0.3) is 0 Å². The van der Waals surface area contributed by atoms with Gasteiger partial charge in [-0.15, -0.1) is 6.58 Å². The summed E-state index contributed by atoms with van der Waals surface area (Å²) in [5, 5.41) is 10.7. The summed E-state index contributed by atoms with van der Waals surface area (Å²) in [6.07, 6.45) is 10.3. The Hall–Kier alpha value is -0.870. The van der Waals surface area contributed by atoms with Gasteiger partial charge in [0.15, 0.2) is 0 Å². The maximum atomic E-state index is 10.0. The molecule has 0 bridgehead atoms. The van der Waals surface area contributed by atoms with Crippen LogP contribution in [0.2, 0.25) is 0 Å². The van der Waals surface area contributed by atoms with Crippen LogP contribution in [-0.4, -0.2) is 22.9 Å². The van der Waals surface area contributed by atoms with E-state index in [1.54, 1.807) is 13.0 Å². The van der Waals surface area contributed by atoms with E-state index in [-0.39, 0.29) is 11.6 Å². The van der Waals surface area contributed by atoms with Crippen LogP contribution in [0.4, 0.5) is 0 Å². The van der Waals surface area contributed by atoms with Crippen molar-refractivity contribution in [2.24, 2.45) is 0 Å². The number of halogens is 1. The van der Waals surface area contributed by atoms with Crippen LogP contribution in [0.25, 0.3) is 0 Å². The average Bonchev–Trinajstić information content (AvgIpc) is 2.42. The number of hydrogen-bond acceptors (Lipinski definition) is 3. The van der Waals surface area contributed by atoms with Crippen LogP contribution >= 0.6 is 11.6 Å². The molecule has 0 spiro atoms. The molecule has 2 N–H and O–H groups in total. The Kier molecular flexibility index (Phi) is 10.4. The molecule has 4 heteroatoms. The minimum absolute atomic E-state index is 0.0473. The smallest absolute Gasteiger partial charge is 0.0813 e. The number of rotatable bonds is 9. The number of nitrogens with one attached hydrogen (secondary N) is 1. The fourth-order valence-electron chi connectivity index (χ4n) is 1.46. The highest BCUT2D eigenvalue weighted by atomic mass is 35.5. The first-order chi connectivity index (χ1) is 10.2. The van der Waals surface area contributed by atoms with Crippen molar-refractivity contribution in [2.75, 3.05) is 0 Å². The lowest BCUT2D eigenvalue weighted by atomic mass is 10.1. The van der Waals surface area contributed by atoms with Gasteiger partial charge in [-0.2, -0.15) is 5.48 Å². The third-order valence-corrected chi connectivity index (χ3v) is 2.94. The second-order valence-electron chi connectivity index (χ2n) is 6.30. The summed E-state index contributed by atoms with van der Waals surface area (Å²) in [7, 11) is 0. The number of allylic oxidation sites excluding steroid dienone is 3. The van der Waals surface area contributed by atoms with Gasteiger partial charge in [0.05, 0.1) is 17.7 Å². The molecule has 0 aromatic heterocycles. The fourth-order valence-corrected chi connectivity index (χ4v) is 1.52. The average molecular weight is 328 g/mol. The topological polar surface area (TPSA) is 41.5 Å². The SMILES string of the molecule is C=CC(C/C=C/C[C@@H](O)/C(C)=C/C=C(\C)Cl)NOC(C)(C)C. The number of aliphatic hydroxyl groups is 1. The molecule has 0 aliphatic carbocycles. The molecule has 126 valence electrons. The zero-order valence-corrected chi connectivity index (χ0v) is 15.2. The molecule has 3 nitrogen and oxygen atoms in total. The van der Waals surface area contributed by atoms with Crippen LogP contribution < -0.4 is 5.48 Å². The summed E-state index contributed by atoms with van der Waals surface area (Å²) < 4.78 is 0. The Bertz CT molecular complexity index is 415. The van der Waals surface area contributed by atoms with Crippen molar-refractivity contribution < 1.29 is 9.94 Å². The number of aliphatic hydroxyl groups excluding tert-OH is 1. The molecule has 22 heavy (non-hydrogen) atoms. The molecular formula is C18H30ClNO2. The highest BCUT2D eigenvalue weighted by molar-refractivity contribution is 6.29. The third-order valence-electron chi connectivity index (χ3n) is 2.82. The van der Waals surface area contributed by atoms with E-state index in [0.29, 0.717) is 11.5 Å². The minimum Gasteiger partial charge on any atom is -0.388 e. The molecule has 0 saturated carbocycles. The van der Waals surface area contributed by atoms with E-state index < -0.39 is 6.10 Å². The molecule has 0 aliphatic rings. The van der Waals surface area contributed by atoms with Gasteiger partial charge in [-0.05, 0) is 59.1 Å². The summed E-state index contributed by atoms with van der Waals surface area (Å²) in [5.41, 5.74) is 3.64. The van der Waals surface area contributed by atoms with Gasteiger partial charge >= 0.3 is 0 Å². The molecule has 0 aromatic carbocycles. The molecule has 0 saturated heterocycles. The molecule has 0 rings (SSSR count). The van der Waals surface area contributed by atoms with Crippen LogP contribution in [0, 0.1) is 0 Å². The van der Waals surface area contributed by atoms with Crippen LogP contribution in [0.3, 0.4) is 0 Å². The molecule has 1 unspecified atom stereocenters. The van der Waals surface area contributed by atoms with Crippen molar-refractivity contribution in [1.29, 1.82) is 0 Å². The number of hydroxylamine groups is 1. The second-order valence-corrected chi connectivity index (χ2v) is 6.89. The van der Waals surface area contributed by atoms with E-state index in [4.69, 9.17) is 16.4 Å². The quantitative estimate of drug-likeness (QED) is 0.368. The molecular weight excluding hydrogens is 298 g/mol. The van der Waals surface area contributed by atoms with E-state index in [0.717, 1.165) is 12.0 Å². The molecule has 0 aromatic rings. The van der Waals surface area contributed by atoms with E-state index in [1.807, 2.05) is 52.0 Å². The summed E-state index contributed by atoms with van der Waals surface area (Å²) in [6.45, 7) is 13.4. The van der Waals surface area contributed by atoms with Gasteiger partial charge in [-0.25, -0.2) is 0 Å². The minimum atomic E-state index is -0.496. The fraction of sp³-hybridized carbons (Fsp3) is 0.556. The molecule has 0 fully saturated rings. The van der Waals surface area contributed by atoms with Crippen LogP contribution in [0.1, 0.15) is 47.5 Å².